The van der Waals surface area contributed by atoms with E-state index in [-0.39, 0.29) is 0 Å². The molecule has 0 bridgehead atoms. The van der Waals surface area contributed by atoms with Crippen LogP contribution >= 0.6 is 11.8 Å². The molecule has 8 heteroatoms. The lowest BCUT2D eigenvalue weighted by molar-refractivity contribution is 0.141. The van der Waals surface area contributed by atoms with Gasteiger partial charge in [-0.25, -0.2) is 13.4 Å². The Hall–Kier alpha value is -1.87. The second-order valence-electron chi connectivity index (χ2n) is 9.56. The SMILES string of the molecule is CCOCCCn1c(SCc2ccc(C)c(C)c2)nc2cc(S(=O)(=O)N3CCC[C@H](C)C3)ccc21. The van der Waals surface area contributed by atoms with Crippen molar-refractivity contribution >= 4 is 32.8 Å². The highest BCUT2D eigenvalue weighted by Gasteiger charge is 2.29. The summed E-state index contributed by atoms with van der Waals surface area (Å²) < 4.78 is 36.1. The Balaban J connectivity index is 1.63. The average molecular weight is 516 g/mol. The van der Waals surface area contributed by atoms with Gasteiger partial charge in [-0.05, 0) is 80.8 Å². The van der Waals surface area contributed by atoms with E-state index in [0.29, 0.717) is 37.1 Å². The zero-order valence-corrected chi connectivity index (χ0v) is 22.9. The van der Waals surface area contributed by atoms with Crippen LogP contribution in [0.2, 0.25) is 0 Å². The van der Waals surface area contributed by atoms with Gasteiger partial charge >= 0.3 is 0 Å². The van der Waals surface area contributed by atoms with Gasteiger partial charge in [0.15, 0.2) is 5.16 Å². The second-order valence-corrected chi connectivity index (χ2v) is 12.4. The topological polar surface area (TPSA) is 64.4 Å². The van der Waals surface area contributed by atoms with Crippen LogP contribution in [0.4, 0.5) is 0 Å². The number of thioether (sulfide) groups is 1. The Bertz CT molecular complexity index is 1270. The molecule has 1 saturated heterocycles. The molecule has 0 N–H and O–H groups in total. The van der Waals surface area contributed by atoms with Crippen molar-refractivity contribution in [1.29, 1.82) is 0 Å². The Morgan fingerprint density at radius 1 is 1.14 bits per heavy atom. The Labute approximate surface area is 214 Å². The quantitative estimate of drug-likeness (QED) is 0.252. The number of hydrogen-bond acceptors (Lipinski definition) is 5. The molecule has 3 aromatic rings. The van der Waals surface area contributed by atoms with E-state index in [0.717, 1.165) is 47.7 Å². The number of aryl methyl sites for hydroxylation is 3. The highest BCUT2D eigenvalue weighted by atomic mass is 32.2. The van der Waals surface area contributed by atoms with Crippen molar-refractivity contribution in [2.75, 3.05) is 26.3 Å². The lowest BCUT2D eigenvalue weighted by atomic mass is 10.0. The molecule has 1 atom stereocenters. The molecule has 1 aliphatic rings. The van der Waals surface area contributed by atoms with Crippen LogP contribution < -0.4 is 0 Å². The van der Waals surface area contributed by atoms with E-state index in [1.807, 2.05) is 13.0 Å². The predicted octanol–water partition coefficient (Wildman–Crippen LogP) is 5.79. The molecule has 0 radical (unpaired) electrons. The first-order valence-corrected chi connectivity index (χ1v) is 15.0. The third-order valence-electron chi connectivity index (χ3n) is 6.76. The molecule has 35 heavy (non-hydrogen) atoms. The van der Waals surface area contributed by atoms with Gasteiger partial charge in [-0.1, -0.05) is 36.9 Å². The predicted molar refractivity (Wildman–Crippen MR) is 143 cm³/mol. The van der Waals surface area contributed by atoms with Crippen molar-refractivity contribution in [1.82, 2.24) is 13.9 Å². The average Bonchev–Trinajstić information content (AvgIpc) is 3.19. The van der Waals surface area contributed by atoms with Crippen molar-refractivity contribution in [2.24, 2.45) is 5.92 Å². The lowest BCUT2D eigenvalue weighted by Crippen LogP contribution is -2.39. The first-order chi connectivity index (χ1) is 16.8. The van der Waals surface area contributed by atoms with Crippen LogP contribution in [-0.2, 0) is 27.1 Å². The van der Waals surface area contributed by atoms with Crippen LogP contribution in [0.5, 0.6) is 0 Å². The fourth-order valence-electron chi connectivity index (χ4n) is 4.60. The number of fused-ring (bicyclic) bond motifs is 1. The number of rotatable bonds is 10. The number of benzene rings is 2. The fourth-order valence-corrected chi connectivity index (χ4v) is 7.20. The molecule has 6 nitrogen and oxygen atoms in total. The number of imidazole rings is 1. The summed E-state index contributed by atoms with van der Waals surface area (Å²) in [7, 11) is -3.52. The van der Waals surface area contributed by atoms with Gasteiger partial charge in [0.05, 0.1) is 15.9 Å². The molecule has 0 spiro atoms. The van der Waals surface area contributed by atoms with Gasteiger partial charge in [-0.3, -0.25) is 0 Å². The maximum absolute atomic E-state index is 13.4. The molecule has 1 aromatic heterocycles. The molecule has 190 valence electrons. The second kappa shape index (κ2) is 11.5. The first-order valence-electron chi connectivity index (χ1n) is 12.6. The van der Waals surface area contributed by atoms with E-state index in [2.05, 4.69) is 43.5 Å². The van der Waals surface area contributed by atoms with Gasteiger partial charge < -0.3 is 9.30 Å². The van der Waals surface area contributed by atoms with E-state index in [1.54, 1.807) is 28.2 Å². The zero-order chi connectivity index (χ0) is 25.0. The van der Waals surface area contributed by atoms with Crippen LogP contribution in [0.15, 0.2) is 46.5 Å². The standard InChI is InChI=1S/C27H37N3O3S2/c1-5-33-15-7-14-30-26-12-11-24(35(31,32)29-13-6-8-20(2)18-29)17-25(26)28-27(30)34-19-23-10-9-21(3)22(4)16-23/h9-12,16-17,20H,5-8,13-15,18-19H2,1-4H3/t20-/m0/s1. The van der Waals surface area contributed by atoms with Crippen molar-refractivity contribution in [3.8, 4) is 0 Å². The van der Waals surface area contributed by atoms with Gasteiger partial charge in [0, 0.05) is 38.6 Å². The number of sulfonamides is 1. The van der Waals surface area contributed by atoms with Crippen molar-refractivity contribution in [3.05, 3.63) is 53.1 Å². The molecule has 0 saturated carbocycles. The Morgan fingerprint density at radius 3 is 2.71 bits per heavy atom. The maximum Gasteiger partial charge on any atom is 0.243 e. The first kappa shape index (κ1) is 26.2. The van der Waals surface area contributed by atoms with Crippen LogP contribution in [0, 0.1) is 19.8 Å². The van der Waals surface area contributed by atoms with Gasteiger partial charge in [0.2, 0.25) is 10.0 Å². The molecule has 0 aliphatic carbocycles. The summed E-state index contributed by atoms with van der Waals surface area (Å²) in [6.07, 6.45) is 2.87. The third-order valence-corrected chi connectivity index (χ3v) is 9.66. The number of ether oxygens (including phenoxy) is 1. The summed E-state index contributed by atoms with van der Waals surface area (Å²) in [5.74, 6) is 1.20. The number of nitrogens with zero attached hydrogens (tertiary/aromatic N) is 3. The Kier molecular flexibility index (Phi) is 8.58. The molecule has 1 aliphatic heterocycles. The van der Waals surface area contributed by atoms with Crippen LogP contribution in [-0.4, -0.2) is 48.6 Å². The summed E-state index contributed by atoms with van der Waals surface area (Å²) in [5, 5.41) is 0.913. The van der Waals surface area contributed by atoms with Gasteiger partial charge in [0.25, 0.3) is 0 Å². The highest BCUT2D eigenvalue weighted by molar-refractivity contribution is 7.98. The molecule has 2 heterocycles. The summed E-state index contributed by atoms with van der Waals surface area (Å²) >= 11 is 1.70. The van der Waals surface area contributed by atoms with Gasteiger partial charge in [-0.15, -0.1) is 0 Å². The number of piperidine rings is 1. The van der Waals surface area contributed by atoms with Crippen LogP contribution in [0.1, 0.15) is 49.8 Å². The molecule has 0 unspecified atom stereocenters. The lowest BCUT2D eigenvalue weighted by Gasteiger charge is -2.30. The van der Waals surface area contributed by atoms with E-state index in [9.17, 15) is 8.42 Å². The minimum atomic E-state index is -3.52. The van der Waals surface area contributed by atoms with Gasteiger partial charge in [-0.2, -0.15) is 4.31 Å². The molecule has 1 fully saturated rings. The van der Waals surface area contributed by atoms with Crippen molar-refractivity contribution in [3.63, 3.8) is 0 Å². The monoisotopic (exact) mass is 515 g/mol. The maximum atomic E-state index is 13.4. The number of hydrogen-bond donors (Lipinski definition) is 0. The number of aromatic nitrogens is 2. The summed E-state index contributed by atoms with van der Waals surface area (Å²) in [4.78, 5) is 5.24. The van der Waals surface area contributed by atoms with Gasteiger partial charge in [0.1, 0.15) is 0 Å². The third kappa shape index (κ3) is 6.10. The molecule has 4 rings (SSSR count). The molecule has 2 aromatic carbocycles. The largest absolute Gasteiger partial charge is 0.382 e. The van der Waals surface area contributed by atoms with E-state index in [4.69, 9.17) is 9.72 Å². The van der Waals surface area contributed by atoms with E-state index >= 15 is 0 Å². The van der Waals surface area contributed by atoms with E-state index in [1.165, 1.54) is 16.7 Å². The minimum absolute atomic E-state index is 0.337. The highest BCUT2D eigenvalue weighted by Crippen LogP contribution is 2.31. The molecular formula is C27H37N3O3S2. The van der Waals surface area contributed by atoms with E-state index < -0.39 is 10.0 Å². The van der Waals surface area contributed by atoms with Crippen LogP contribution in [0.3, 0.4) is 0 Å². The van der Waals surface area contributed by atoms with Crippen molar-refractivity contribution in [2.45, 2.75) is 69.3 Å². The molecular weight excluding hydrogens is 478 g/mol. The Morgan fingerprint density at radius 2 is 1.97 bits per heavy atom. The zero-order valence-electron chi connectivity index (χ0n) is 21.3. The fraction of sp³-hybridized carbons (Fsp3) is 0.519. The summed E-state index contributed by atoms with van der Waals surface area (Å²) in [5.41, 5.74) is 5.53. The minimum Gasteiger partial charge on any atom is -0.382 e. The smallest absolute Gasteiger partial charge is 0.243 e. The normalized spacial score (nSPS) is 17.3. The van der Waals surface area contributed by atoms with Crippen LogP contribution in [0.25, 0.3) is 11.0 Å². The molecule has 0 amide bonds. The van der Waals surface area contributed by atoms with Crippen molar-refractivity contribution < 1.29 is 13.2 Å². The summed E-state index contributed by atoms with van der Waals surface area (Å²) in [6.45, 7) is 11.7. The summed E-state index contributed by atoms with van der Waals surface area (Å²) in [6, 6.07) is 12.0.